The zero-order chi connectivity index (χ0) is 14.7. The molecule has 1 fully saturated rings. The van der Waals surface area contributed by atoms with Crippen LogP contribution in [-0.2, 0) is 17.7 Å². The maximum atomic E-state index is 13.9. The molecule has 4 heteroatoms. The Morgan fingerprint density at radius 1 is 1.33 bits per heavy atom. The van der Waals surface area contributed by atoms with Gasteiger partial charge in [0.2, 0.25) is 0 Å². The van der Waals surface area contributed by atoms with Crippen LogP contribution in [0.2, 0.25) is 0 Å². The first kappa shape index (κ1) is 14.3. The zero-order valence-electron chi connectivity index (χ0n) is 12.4. The molecule has 2 aromatic rings. The van der Waals surface area contributed by atoms with Gasteiger partial charge in [0.25, 0.3) is 0 Å². The molecule has 1 unspecified atom stereocenters. The van der Waals surface area contributed by atoms with Crippen molar-refractivity contribution in [2.24, 2.45) is 0 Å². The lowest BCUT2D eigenvalue weighted by Gasteiger charge is -2.22. The Labute approximate surface area is 124 Å². The number of benzene rings is 1. The van der Waals surface area contributed by atoms with Crippen LogP contribution in [0.15, 0.2) is 30.6 Å². The summed E-state index contributed by atoms with van der Waals surface area (Å²) in [5.74, 6) is -0.140. The molecule has 1 aliphatic rings. The Morgan fingerprint density at radius 2 is 2.24 bits per heavy atom. The van der Waals surface area contributed by atoms with Crippen LogP contribution in [0.1, 0.15) is 31.7 Å². The molecule has 0 N–H and O–H groups in total. The van der Waals surface area contributed by atoms with E-state index in [2.05, 4.69) is 5.10 Å². The van der Waals surface area contributed by atoms with Gasteiger partial charge in [-0.1, -0.05) is 19.1 Å². The summed E-state index contributed by atoms with van der Waals surface area (Å²) in [6, 6.07) is 5.41. The van der Waals surface area contributed by atoms with Crippen LogP contribution in [-0.4, -0.2) is 22.5 Å². The van der Waals surface area contributed by atoms with Crippen molar-refractivity contribution in [3.05, 3.63) is 42.0 Å². The molecule has 112 valence electrons. The summed E-state index contributed by atoms with van der Waals surface area (Å²) in [6.07, 6.45) is 8.21. The van der Waals surface area contributed by atoms with Gasteiger partial charge in [0.15, 0.2) is 0 Å². The Bertz CT molecular complexity index is 603. The molecular formula is C17H21FN2O. The number of ether oxygens (including phenoxy) is 1. The number of aryl methyl sites for hydroxylation is 1. The molecule has 0 radical (unpaired) electrons. The second-order valence-corrected chi connectivity index (χ2v) is 5.60. The third-order valence-corrected chi connectivity index (χ3v) is 4.07. The predicted octanol–water partition coefficient (Wildman–Crippen LogP) is 3.82. The van der Waals surface area contributed by atoms with Gasteiger partial charge in [-0.3, -0.25) is 4.68 Å². The van der Waals surface area contributed by atoms with Gasteiger partial charge in [0.1, 0.15) is 5.82 Å². The summed E-state index contributed by atoms with van der Waals surface area (Å²) < 4.78 is 21.5. The van der Waals surface area contributed by atoms with Gasteiger partial charge >= 0.3 is 0 Å². The summed E-state index contributed by atoms with van der Waals surface area (Å²) in [6.45, 7) is 3.58. The van der Waals surface area contributed by atoms with E-state index in [1.165, 1.54) is 6.42 Å². The van der Waals surface area contributed by atoms with Gasteiger partial charge in [-0.05, 0) is 42.9 Å². The standard InChI is InChI=1S/C17H21FN2O/c1-2-13-6-7-14(9-17(13)18)15-10-19-20(11-15)12-16-5-3-4-8-21-16/h6-7,9-11,16H,2-5,8,12H2,1H3. The molecule has 0 amide bonds. The highest BCUT2D eigenvalue weighted by Crippen LogP contribution is 2.22. The van der Waals surface area contributed by atoms with Crippen molar-refractivity contribution in [1.29, 1.82) is 0 Å². The second-order valence-electron chi connectivity index (χ2n) is 5.60. The Morgan fingerprint density at radius 3 is 2.95 bits per heavy atom. The molecule has 3 rings (SSSR count). The lowest BCUT2D eigenvalue weighted by Crippen LogP contribution is -2.24. The van der Waals surface area contributed by atoms with Crippen molar-refractivity contribution in [1.82, 2.24) is 9.78 Å². The van der Waals surface area contributed by atoms with Gasteiger partial charge in [-0.15, -0.1) is 0 Å². The van der Waals surface area contributed by atoms with Crippen molar-refractivity contribution in [2.75, 3.05) is 6.61 Å². The molecule has 1 saturated heterocycles. The van der Waals surface area contributed by atoms with Crippen LogP contribution in [0.4, 0.5) is 4.39 Å². The van der Waals surface area contributed by atoms with Crippen LogP contribution in [0.25, 0.3) is 11.1 Å². The van der Waals surface area contributed by atoms with Crippen molar-refractivity contribution in [3.63, 3.8) is 0 Å². The molecule has 0 aliphatic carbocycles. The minimum absolute atomic E-state index is 0.140. The van der Waals surface area contributed by atoms with Gasteiger partial charge in [-0.2, -0.15) is 5.10 Å². The minimum Gasteiger partial charge on any atom is -0.376 e. The quantitative estimate of drug-likeness (QED) is 0.855. The molecule has 1 aromatic carbocycles. The van der Waals surface area contributed by atoms with E-state index in [-0.39, 0.29) is 11.9 Å². The van der Waals surface area contributed by atoms with Crippen molar-refractivity contribution in [3.8, 4) is 11.1 Å². The second kappa shape index (κ2) is 6.39. The van der Waals surface area contributed by atoms with Crippen LogP contribution in [0, 0.1) is 5.82 Å². The molecular weight excluding hydrogens is 267 g/mol. The molecule has 0 saturated carbocycles. The minimum atomic E-state index is -0.140. The van der Waals surface area contributed by atoms with E-state index in [1.54, 1.807) is 12.3 Å². The maximum Gasteiger partial charge on any atom is 0.127 e. The number of hydrogen-bond donors (Lipinski definition) is 0. The van der Waals surface area contributed by atoms with E-state index in [0.717, 1.165) is 42.7 Å². The van der Waals surface area contributed by atoms with Crippen molar-refractivity contribution >= 4 is 0 Å². The molecule has 21 heavy (non-hydrogen) atoms. The number of halogens is 1. The highest BCUT2D eigenvalue weighted by Gasteiger charge is 2.15. The largest absolute Gasteiger partial charge is 0.376 e. The van der Waals surface area contributed by atoms with E-state index < -0.39 is 0 Å². The Kier molecular flexibility index (Phi) is 4.34. The first-order chi connectivity index (χ1) is 10.3. The van der Waals surface area contributed by atoms with E-state index in [1.807, 2.05) is 29.9 Å². The van der Waals surface area contributed by atoms with Gasteiger partial charge in [0, 0.05) is 18.4 Å². The molecule has 0 bridgehead atoms. The first-order valence-electron chi connectivity index (χ1n) is 7.69. The fourth-order valence-corrected chi connectivity index (χ4v) is 2.79. The average Bonchev–Trinajstić information content (AvgIpc) is 2.97. The predicted molar refractivity (Wildman–Crippen MR) is 80.6 cm³/mol. The molecule has 1 aliphatic heterocycles. The fourth-order valence-electron chi connectivity index (χ4n) is 2.79. The summed E-state index contributed by atoms with van der Waals surface area (Å²) >= 11 is 0. The number of nitrogens with zero attached hydrogens (tertiary/aromatic N) is 2. The van der Waals surface area contributed by atoms with Gasteiger partial charge in [-0.25, -0.2) is 4.39 Å². The molecule has 0 spiro atoms. The van der Waals surface area contributed by atoms with E-state index >= 15 is 0 Å². The monoisotopic (exact) mass is 288 g/mol. The average molecular weight is 288 g/mol. The van der Waals surface area contributed by atoms with Crippen molar-refractivity contribution < 1.29 is 9.13 Å². The summed E-state index contributed by atoms with van der Waals surface area (Å²) in [4.78, 5) is 0. The summed E-state index contributed by atoms with van der Waals surface area (Å²) in [5, 5.41) is 4.37. The SMILES string of the molecule is CCc1ccc(-c2cnn(CC3CCCCO3)c2)cc1F. The normalized spacial score (nSPS) is 18.9. The number of aromatic nitrogens is 2. The topological polar surface area (TPSA) is 27.1 Å². The number of rotatable bonds is 4. The van der Waals surface area contributed by atoms with Gasteiger partial charge < -0.3 is 4.74 Å². The smallest absolute Gasteiger partial charge is 0.127 e. The van der Waals surface area contributed by atoms with Crippen molar-refractivity contribution in [2.45, 2.75) is 45.3 Å². The zero-order valence-corrected chi connectivity index (χ0v) is 12.4. The van der Waals surface area contributed by atoms with E-state index in [4.69, 9.17) is 4.74 Å². The lowest BCUT2D eigenvalue weighted by molar-refractivity contribution is 0.00400. The fraction of sp³-hybridized carbons (Fsp3) is 0.471. The molecule has 3 nitrogen and oxygen atoms in total. The third-order valence-electron chi connectivity index (χ3n) is 4.07. The van der Waals surface area contributed by atoms with Crippen LogP contribution in [0.5, 0.6) is 0 Å². The molecule has 1 aromatic heterocycles. The highest BCUT2D eigenvalue weighted by atomic mass is 19.1. The van der Waals surface area contributed by atoms with E-state index in [0.29, 0.717) is 6.42 Å². The summed E-state index contributed by atoms with van der Waals surface area (Å²) in [7, 11) is 0. The van der Waals surface area contributed by atoms with Crippen LogP contribution in [0.3, 0.4) is 0 Å². The highest BCUT2D eigenvalue weighted by molar-refractivity contribution is 5.62. The maximum absolute atomic E-state index is 13.9. The summed E-state index contributed by atoms with van der Waals surface area (Å²) in [5.41, 5.74) is 2.58. The first-order valence-corrected chi connectivity index (χ1v) is 7.69. The Balaban J connectivity index is 1.73. The van der Waals surface area contributed by atoms with Gasteiger partial charge in [0.05, 0.1) is 18.8 Å². The molecule has 1 atom stereocenters. The van der Waals surface area contributed by atoms with Crippen LogP contribution >= 0.6 is 0 Å². The van der Waals surface area contributed by atoms with E-state index in [9.17, 15) is 4.39 Å². The third kappa shape index (κ3) is 3.32. The van der Waals surface area contributed by atoms with Crippen LogP contribution < -0.4 is 0 Å². The lowest BCUT2D eigenvalue weighted by atomic mass is 10.1. The number of hydrogen-bond acceptors (Lipinski definition) is 2. The molecule has 2 heterocycles. The Hall–Kier alpha value is -1.68.